The van der Waals surface area contributed by atoms with E-state index in [1.165, 1.54) is 11.3 Å². The third kappa shape index (κ3) is 3.62. The summed E-state index contributed by atoms with van der Waals surface area (Å²) in [5.74, 6) is -0.0102. The third-order valence-corrected chi connectivity index (χ3v) is 4.04. The number of ether oxygens (including phenoxy) is 1. The summed E-state index contributed by atoms with van der Waals surface area (Å²) in [4.78, 5) is 17.8. The molecule has 108 valence electrons. The summed E-state index contributed by atoms with van der Waals surface area (Å²) in [5.41, 5.74) is 0.948. The first-order chi connectivity index (χ1) is 10.2. The highest BCUT2D eigenvalue weighted by Crippen LogP contribution is 2.20. The zero-order valence-corrected chi connectivity index (χ0v) is 12.7. The van der Waals surface area contributed by atoms with E-state index in [2.05, 4.69) is 4.98 Å². The first-order valence-electron chi connectivity index (χ1n) is 6.49. The fourth-order valence-corrected chi connectivity index (χ4v) is 2.63. The maximum atomic E-state index is 12.0. The Morgan fingerprint density at radius 2 is 2.14 bits per heavy atom. The number of nitrogens with zero attached hydrogens (tertiary/aromatic N) is 2. The van der Waals surface area contributed by atoms with E-state index in [1.807, 2.05) is 17.5 Å². The van der Waals surface area contributed by atoms with Gasteiger partial charge in [-0.2, -0.15) is 0 Å². The summed E-state index contributed by atoms with van der Waals surface area (Å²) in [6.07, 6.45) is 5.11. The predicted octanol–water partition coefficient (Wildman–Crippen LogP) is 3.10. The maximum absolute atomic E-state index is 12.0. The number of carbonyl (C=O) groups excluding carboxylic acids is 1. The molecule has 1 aliphatic heterocycles. The lowest BCUT2D eigenvalue weighted by molar-refractivity contribution is -0.134. The van der Waals surface area contributed by atoms with Gasteiger partial charge in [-0.1, -0.05) is 35.1 Å². The van der Waals surface area contributed by atoms with Crippen LogP contribution in [-0.2, 0) is 4.79 Å². The lowest BCUT2D eigenvalue weighted by Crippen LogP contribution is -2.55. The van der Waals surface area contributed by atoms with E-state index in [0.717, 1.165) is 5.56 Å². The molecule has 2 heterocycles. The molecule has 0 bridgehead atoms. The molecule has 1 amide bonds. The normalized spacial score (nSPS) is 15.2. The number of carbonyl (C=O) groups is 1. The van der Waals surface area contributed by atoms with Gasteiger partial charge in [0, 0.05) is 22.7 Å². The van der Waals surface area contributed by atoms with Crippen molar-refractivity contribution < 1.29 is 9.53 Å². The molecule has 1 aromatic carbocycles. The SMILES string of the molecule is O=C(/C=C/c1ccc(Cl)cc1)N1CC(Oc2nccs2)C1. The number of hydrogen-bond donors (Lipinski definition) is 0. The second-order valence-electron chi connectivity index (χ2n) is 4.67. The predicted molar refractivity (Wildman–Crippen MR) is 83.6 cm³/mol. The summed E-state index contributed by atoms with van der Waals surface area (Å²) in [5, 5.41) is 3.21. The molecule has 0 aliphatic carbocycles. The molecule has 0 unspecified atom stereocenters. The van der Waals surface area contributed by atoms with E-state index in [0.29, 0.717) is 23.3 Å². The van der Waals surface area contributed by atoms with E-state index in [9.17, 15) is 4.79 Å². The van der Waals surface area contributed by atoms with Crippen LogP contribution in [0, 0.1) is 0 Å². The molecule has 3 rings (SSSR count). The highest BCUT2D eigenvalue weighted by Gasteiger charge is 2.31. The Labute approximate surface area is 131 Å². The minimum absolute atomic E-state index is 0.0102. The Balaban J connectivity index is 1.48. The second kappa shape index (κ2) is 6.28. The van der Waals surface area contributed by atoms with E-state index in [-0.39, 0.29) is 12.0 Å². The van der Waals surface area contributed by atoms with Crippen molar-refractivity contribution in [3.8, 4) is 5.19 Å². The summed E-state index contributed by atoms with van der Waals surface area (Å²) in [6.45, 7) is 1.20. The number of hydrogen-bond acceptors (Lipinski definition) is 4. The van der Waals surface area contributed by atoms with Gasteiger partial charge in [0.25, 0.3) is 5.19 Å². The highest BCUT2D eigenvalue weighted by atomic mass is 35.5. The zero-order valence-electron chi connectivity index (χ0n) is 11.1. The molecule has 0 saturated carbocycles. The number of rotatable bonds is 4. The first kappa shape index (κ1) is 14.1. The Morgan fingerprint density at radius 1 is 1.38 bits per heavy atom. The van der Waals surface area contributed by atoms with Crippen LogP contribution in [0.1, 0.15) is 5.56 Å². The second-order valence-corrected chi connectivity index (χ2v) is 5.96. The molecule has 0 radical (unpaired) electrons. The molecule has 2 aromatic rings. The number of amides is 1. The number of thiazole rings is 1. The van der Waals surface area contributed by atoms with Crippen LogP contribution in [0.25, 0.3) is 6.08 Å². The minimum atomic E-state index is -0.0102. The molecule has 0 atom stereocenters. The fourth-order valence-electron chi connectivity index (χ4n) is 1.95. The highest BCUT2D eigenvalue weighted by molar-refractivity contribution is 7.11. The Bertz CT molecular complexity index is 634. The Hall–Kier alpha value is -1.85. The third-order valence-electron chi connectivity index (χ3n) is 3.13. The van der Waals surface area contributed by atoms with Gasteiger partial charge < -0.3 is 9.64 Å². The van der Waals surface area contributed by atoms with Crippen LogP contribution in [0.3, 0.4) is 0 Å². The van der Waals surface area contributed by atoms with Crippen molar-refractivity contribution in [3.63, 3.8) is 0 Å². The maximum Gasteiger partial charge on any atom is 0.273 e. The molecule has 21 heavy (non-hydrogen) atoms. The number of benzene rings is 1. The van der Waals surface area contributed by atoms with Crippen LogP contribution in [-0.4, -0.2) is 35.0 Å². The molecule has 6 heteroatoms. The summed E-state index contributed by atoms with van der Waals surface area (Å²) < 4.78 is 5.62. The molecule has 0 N–H and O–H groups in total. The number of aromatic nitrogens is 1. The average molecular weight is 321 g/mol. The van der Waals surface area contributed by atoms with E-state index < -0.39 is 0 Å². The van der Waals surface area contributed by atoms with Gasteiger partial charge in [0.15, 0.2) is 0 Å². The first-order valence-corrected chi connectivity index (χ1v) is 7.75. The van der Waals surface area contributed by atoms with Crippen molar-refractivity contribution in [2.75, 3.05) is 13.1 Å². The van der Waals surface area contributed by atoms with Crippen LogP contribution in [0.5, 0.6) is 5.19 Å². The monoisotopic (exact) mass is 320 g/mol. The van der Waals surface area contributed by atoms with E-state index in [4.69, 9.17) is 16.3 Å². The van der Waals surface area contributed by atoms with Gasteiger partial charge in [0.2, 0.25) is 5.91 Å². The van der Waals surface area contributed by atoms with Crippen LogP contribution < -0.4 is 4.74 Å². The van der Waals surface area contributed by atoms with Crippen molar-refractivity contribution in [2.45, 2.75) is 6.10 Å². The number of likely N-dealkylation sites (tertiary alicyclic amines) is 1. The van der Waals surface area contributed by atoms with Crippen LogP contribution in [0.15, 0.2) is 41.9 Å². The summed E-state index contributed by atoms with van der Waals surface area (Å²) in [6, 6.07) is 7.34. The van der Waals surface area contributed by atoms with Gasteiger partial charge in [-0.25, -0.2) is 4.98 Å². The van der Waals surface area contributed by atoms with Crippen LogP contribution in [0.2, 0.25) is 5.02 Å². The van der Waals surface area contributed by atoms with Crippen LogP contribution >= 0.6 is 22.9 Å². The van der Waals surface area contributed by atoms with Crippen molar-refractivity contribution in [3.05, 3.63) is 52.5 Å². The molecule has 1 saturated heterocycles. The van der Waals surface area contributed by atoms with Crippen molar-refractivity contribution >= 4 is 34.9 Å². The van der Waals surface area contributed by atoms with Crippen LogP contribution in [0.4, 0.5) is 0 Å². The topological polar surface area (TPSA) is 42.4 Å². The largest absolute Gasteiger partial charge is 0.463 e. The minimum Gasteiger partial charge on any atom is -0.463 e. The van der Waals surface area contributed by atoms with Gasteiger partial charge in [0.1, 0.15) is 6.10 Å². The van der Waals surface area contributed by atoms with Gasteiger partial charge in [-0.3, -0.25) is 4.79 Å². The standard InChI is InChI=1S/C15H13ClN2O2S/c16-12-4-1-11(2-5-12)3-6-14(19)18-9-13(10-18)20-15-17-7-8-21-15/h1-8,13H,9-10H2/b6-3+. The molecule has 1 aliphatic rings. The Morgan fingerprint density at radius 3 is 2.81 bits per heavy atom. The van der Waals surface area contributed by atoms with Gasteiger partial charge >= 0.3 is 0 Å². The summed E-state index contributed by atoms with van der Waals surface area (Å²) >= 11 is 7.27. The molecular weight excluding hydrogens is 308 g/mol. The van der Waals surface area contributed by atoms with E-state index in [1.54, 1.807) is 35.4 Å². The smallest absolute Gasteiger partial charge is 0.273 e. The number of halogens is 1. The van der Waals surface area contributed by atoms with Crippen molar-refractivity contribution in [1.82, 2.24) is 9.88 Å². The lowest BCUT2D eigenvalue weighted by Gasteiger charge is -2.37. The van der Waals surface area contributed by atoms with Crippen molar-refractivity contribution in [1.29, 1.82) is 0 Å². The van der Waals surface area contributed by atoms with Gasteiger partial charge in [0.05, 0.1) is 13.1 Å². The van der Waals surface area contributed by atoms with Gasteiger partial charge in [-0.05, 0) is 23.8 Å². The van der Waals surface area contributed by atoms with E-state index >= 15 is 0 Å². The fraction of sp³-hybridized carbons (Fsp3) is 0.200. The average Bonchev–Trinajstić information content (AvgIpc) is 2.94. The molecule has 1 fully saturated rings. The Kier molecular flexibility index (Phi) is 4.22. The molecule has 4 nitrogen and oxygen atoms in total. The quantitative estimate of drug-likeness (QED) is 0.813. The lowest BCUT2D eigenvalue weighted by atomic mass is 10.1. The van der Waals surface area contributed by atoms with Gasteiger partial charge in [-0.15, -0.1) is 0 Å². The molecular formula is C15H13ClN2O2S. The molecule has 0 spiro atoms. The summed E-state index contributed by atoms with van der Waals surface area (Å²) in [7, 11) is 0. The molecule has 1 aromatic heterocycles. The zero-order chi connectivity index (χ0) is 14.7. The van der Waals surface area contributed by atoms with Crippen molar-refractivity contribution in [2.24, 2.45) is 0 Å².